The second kappa shape index (κ2) is 9.23. The van der Waals surface area contributed by atoms with Gasteiger partial charge in [-0.2, -0.15) is 0 Å². The summed E-state index contributed by atoms with van der Waals surface area (Å²) in [5.41, 5.74) is 5.52. The molecule has 2 saturated heterocycles. The van der Waals surface area contributed by atoms with E-state index in [2.05, 4.69) is 30.0 Å². The Hall–Kier alpha value is -1.78. The number of hydrogen-bond donors (Lipinski definition) is 2. The van der Waals surface area contributed by atoms with Crippen LogP contribution in [0.5, 0.6) is 0 Å². The molecule has 0 spiro atoms. The Morgan fingerprint density at radius 1 is 1.38 bits per heavy atom. The van der Waals surface area contributed by atoms with Crippen molar-refractivity contribution in [1.82, 2.24) is 4.98 Å². The van der Waals surface area contributed by atoms with Gasteiger partial charge in [-0.1, -0.05) is 5.16 Å². The third-order valence-electron chi connectivity index (χ3n) is 6.35. The predicted octanol–water partition coefficient (Wildman–Crippen LogP) is 1.83. The van der Waals surface area contributed by atoms with Crippen LogP contribution in [-0.2, 0) is 25.5 Å². The molecule has 0 unspecified atom stereocenters. The van der Waals surface area contributed by atoms with E-state index in [4.69, 9.17) is 24.0 Å². The first kappa shape index (κ1) is 23.4. The van der Waals surface area contributed by atoms with E-state index in [0.29, 0.717) is 0 Å². The smallest absolute Gasteiger partial charge is 0.190 e. The maximum atomic E-state index is 10.4. The molecule has 3 aliphatic heterocycles. The number of rotatable bonds is 7. The summed E-state index contributed by atoms with van der Waals surface area (Å²) >= 11 is 0. The SMILES string of the molecule is CC(CCN1CCCc2nc(C)c(C)cc21)=NOC[C@@H](O)[C@H]1O[C@@H]2OC(C)(C)O[C@H]2[C@@H]1O. The van der Waals surface area contributed by atoms with E-state index >= 15 is 0 Å². The summed E-state index contributed by atoms with van der Waals surface area (Å²) < 4.78 is 16.9. The van der Waals surface area contributed by atoms with Crippen molar-refractivity contribution < 1.29 is 29.3 Å². The third kappa shape index (κ3) is 4.92. The van der Waals surface area contributed by atoms with Gasteiger partial charge < -0.3 is 34.2 Å². The number of nitrogens with zero attached hydrogens (tertiary/aromatic N) is 3. The van der Waals surface area contributed by atoms with Crippen LogP contribution in [-0.4, -0.2) is 77.1 Å². The summed E-state index contributed by atoms with van der Waals surface area (Å²) in [5.74, 6) is -0.813. The van der Waals surface area contributed by atoms with Gasteiger partial charge in [0, 0.05) is 25.2 Å². The molecule has 1 aromatic rings. The van der Waals surface area contributed by atoms with Crippen molar-refractivity contribution in [1.29, 1.82) is 0 Å². The lowest BCUT2D eigenvalue weighted by atomic mass is 10.0. The van der Waals surface area contributed by atoms with Gasteiger partial charge in [0.25, 0.3) is 0 Å². The first-order chi connectivity index (χ1) is 15.1. The number of aliphatic hydroxyl groups is 2. The van der Waals surface area contributed by atoms with Crippen LogP contribution in [0.2, 0.25) is 0 Å². The first-order valence-electron chi connectivity index (χ1n) is 11.4. The van der Waals surface area contributed by atoms with Crippen LogP contribution in [0.4, 0.5) is 5.69 Å². The standard InChI is InChI=1S/C23H35N3O6/c1-13-11-17-16(24-15(13)3)7-6-9-26(17)10-8-14(2)25-29-12-18(27)20-19(28)21-22(30-20)32-23(4,5)31-21/h11,18-22,27-28H,6-10,12H2,1-5H3/t18-,19-,20-,21+,22-/m1/s1. The lowest BCUT2D eigenvalue weighted by Crippen LogP contribution is -2.42. The summed E-state index contributed by atoms with van der Waals surface area (Å²) in [5, 5.41) is 25.0. The highest BCUT2D eigenvalue weighted by Crippen LogP contribution is 2.38. The Morgan fingerprint density at radius 2 is 2.16 bits per heavy atom. The van der Waals surface area contributed by atoms with Gasteiger partial charge in [0.1, 0.15) is 31.0 Å². The Bertz CT molecular complexity index is 860. The highest BCUT2D eigenvalue weighted by Gasteiger charge is 2.56. The second-order valence-corrected chi connectivity index (χ2v) is 9.45. The van der Waals surface area contributed by atoms with Crippen molar-refractivity contribution in [2.75, 3.05) is 24.6 Å². The molecule has 0 aromatic carbocycles. The number of aryl methyl sites for hydroxylation is 3. The van der Waals surface area contributed by atoms with Crippen LogP contribution in [0.1, 0.15) is 50.6 Å². The fourth-order valence-corrected chi connectivity index (χ4v) is 4.48. The maximum Gasteiger partial charge on any atom is 0.190 e. The van der Waals surface area contributed by atoms with E-state index in [-0.39, 0.29) is 6.61 Å². The van der Waals surface area contributed by atoms with Gasteiger partial charge >= 0.3 is 0 Å². The monoisotopic (exact) mass is 449 g/mol. The molecule has 178 valence electrons. The van der Waals surface area contributed by atoms with Crippen molar-refractivity contribution in [3.63, 3.8) is 0 Å². The molecule has 32 heavy (non-hydrogen) atoms. The quantitative estimate of drug-likeness (QED) is 0.480. The van der Waals surface area contributed by atoms with E-state index in [1.165, 1.54) is 16.9 Å². The van der Waals surface area contributed by atoms with Crippen LogP contribution in [0.25, 0.3) is 0 Å². The molecule has 9 nitrogen and oxygen atoms in total. The molecule has 0 bridgehead atoms. The molecule has 1 aromatic heterocycles. The lowest BCUT2D eigenvalue weighted by Gasteiger charge is -2.31. The van der Waals surface area contributed by atoms with Crippen LogP contribution in [0.3, 0.4) is 0 Å². The van der Waals surface area contributed by atoms with E-state index in [9.17, 15) is 10.2 Å². The minimum atomic E-state index is -1.05. The second-order valence-electron chi connectivity index (χ2n) is 9.45. The molecular formula is C23H35N3O6. The molecular weight excluding hydrogens is 414 g/mol. The average molecular weight is 450 g/mol. The van der Waals surface area contributed by atoms with Gasteiger partial charge in [-0.3, -0.25) is 4.98 Å². The number of hydrogen-bond acceptors (Lipinski definition) is 9. The normalized spacial score (nSPS) is 30.2. The Morgan fingerprint density at radius 3 is 2.91 bits per heavy atom. The number of fused-ring (bicyclic) bond motifs is 2. The van der Waals surface area contributed by atoms with E-state index < -0.39 is 36.5 Å². The molecule has 3 aliphatic rings. The van der Waals surface area contributed by atoms with Crippen LogP contribution in [0, 0.1) is 13.8 Å². The molecule has 2 fully saturated rings. The lowest BCUT2D eigenvalue weighted by molar-refractivity contribution is -0.228. The number of oxime groups is 1. The zero-order valence-corrected chi connectivity index (χ0v) is 19.6. The van der Waals surface area contributed by atoms with Crippen molar-refractivity contribution >= 4 is 11.4 Å². The largest absolute Gasteiger partial charge is 0.393 e. The fourth-order valence-electron chi connectivity index (χ4n) is 4.48. The molecule has 0 aliphatic carbocycles. The molecule has 2 N–H and O–H groups in total. The number of pyridine rings is 1. The van der Waals surface area contributed by atoms with E-state index in [1.807, 2.05) is 6.92 Å². The number of aliphatic hydroxyl groups excluding tert-OH is 2. The van der Waals surface area contributed by atoms with Crippen molar-refractivity contribution in [3.05, 3.63) is 23.0 Å². The Labute approximate surface area is 189 Å². The highest BCUT2D eigenvalue weighted by atomic mass is 16.8. The molecule has 5 atom stereocenters. The first-order valence-corrected chi connectivity index (χ1v) is 11.4. The van der Waals surface area contributed by atoms with Crippen LogP contribution >= 0.6 is 0 Å². The fraction of sp³-hybridized carbons (Fsp3) is 0.739. The van der Waals surface area contributed by atoms with Gasteiger partial charge in [-0.25, -0.2) is 0 Å². The number of anilines is 1. The van der Waals surface area contributed by atoms with Crippen molar-refractivity contribution in [2.45, 2.75) is 90.4 Å². The molecule has 9 heteroatoms. The summed E-state index contributed by atoms with van der Waals surface area (Å²) in [6.07, 6.45) is -1.35. The minimum absolute atomic E-state index is 0.0865. The van der Waals surface area contributed by atoms with E-state index in [0.717, 1.165) is 43.8 Å². The molecule has 0 amide bonds. The summed E-state index contributed by atoms with van der Waals surface area (Å²) in [4.78, 5) is 12.5. The average Bonchev–Trinajstić information content (AvgIpc) is 3.19. The molecule has 0 radical (unpaired) electrons. The summed E-state index contributed by atoms with van der Waals surface area (Å²) in [7, 11) is 0. The van der Waals surface area contributed by atoms with Crippen molar-refractivity contribution in [2.24, 2.45) is 5.16 Å². The molecule has 4 heterocycles. The molecule has 0 saturated carbocycles. The van der Waals surface area contributed by atoms with Gasteiger partial charge in [0.15, 0.2) is 12.1 Å². The zero-order chi connectivity index (χ0) is 23.0. The van der Waals surface area contributed by atoms with Gasteiger partial charge in [0.2, 0.25) is 0 Å². The third-order valence-corrected chi connectivity index (χ3v) is 6.35. The Balaban J connectivity index is 1.25. The summed E-state index contributed by atoms with van der Waals surface area (Å²) in [6, 6.07) is 2.23. The Kier molecular flexibility index (Phi) is 6.74. The summed E-state index contributed by atoms with van der Waals surface area (Å²) in [6.45, 7) is 11.3. The highest BCUT2D eigenvalue weighted by molar-refractivity contribution is 5.81. The van der Waals surface area contributed by atoms with Gasteiger partial charge in [0.05, 0.1) is 17.1 Å². The van der Waals surface area contributed by atoms with Crippen molar-refractivity contribution in [3.8, 4) is 0 Å². The van der Waals surface area contributed by atoms with E-state index in [1.54, 1.807) is 13.8 Å². The maximum absolute atomic E-state index is 10.4. The number of ether oxygens (including phenoxy) is 3. The topological polar surface area (TPSA) is 106 Å². The van der Waals surface area contributed by atoms with Crippen LogP contribution < -0.4 is 4.90 Å². The van der Waals surface area contributed by atoms with Gasteiger partial charge in [-0.05, 0) is 59.1 Å². The molecule has 4 rings (SSSR count). The van der Waals surface area contributed by atoms with Gasteiger partial charge in [-0.15, -0.1) is 0 Å². The number of aromatic nitrogens is 1. The van der Waals surface area contributed by atoms with Crippen LogP contribution in [0.15, 0.2) is 11.2 Å². The predicted molar refractivity (Wildman–Crippen MR) is 119 cm³/mol. The minimum Gasteiger partial charge on any atom is -0.393 e. The zero-order valence-electron chi connectivity index (χ0n) is 19.6.